The van der Waals surface area contributed by atoms with E-state index in [9.17, 15) is 9.59 Å². The number of carbonyl (C=O) groups is 2. The molecule has 0 radical (unpaired) electrons. The number of hydrogen-bond donors (Lipinski definition) is 3. The van der Waals surface area contributed by atoms with Gasteiger partial charge in [0.05, 0.1) is 18.9 Å². The second kappa shape index (κ2) is 11.2. The Bertz CT molecular complexity index is 1130. The van der Waals surface area contributed by atoms with Crippen molar-refractivity contribution in [3.05, 3.63) is 101 Å². The van der Waals surface area contributed by atoms with E-state index in [1.54, 1.807) is 24.3 Å². The normalized spacial score (nSPS) is 17.4. The molecule has 2 unspecified atom stereocenters. The van der Waals surface area contributed by atoms with Gasteiger partial charge in [-0.05, 0) is 47.4 Å². The number of rotatable bonds is 8. The molecule has 0 saturated carbocycles. The molecule has 1 aliphatic heterocycles. The summed E-state index contributed by atoms with van der Waals surface area (Å²) in [5.74, 6) is 0.155. The molecule has 3 N–H and O–H groups in total. The van der Waals surface area contributed by atoms with Gasteiger partial charge in [-0.3, -0.25) is 4.79 Å². The molecule has 3 aromatic carbocycles. The molecule has 0 spiro atoms. The van der Waals surface area contributed by atoms with Crippen LogP contribution in [0.15, 0.2) is 84.0 Å². The monoisotopic (exact) mass is 458 g/mol. The van der Waals surface area contributed by atoms with E-state index in [0.29, 0.717) is 18.6 Å². The Balaban J connectivity index is 1.24. The zero-order valence-electron chi connectivity index (χ0n) is 18.7. The van der Waals surface area contributed by atoms with E-state index in [-0.39, 0.29) is 11.9 Å². The minimum absolute atomic E-state index is 0.00577. The maximum atomic E-state index is 12.5. The van der Waals surface area contributed by atoms with Crippen molar-refractivity contribution in [2.75, 3.05) is 7.11 Å². The van der Waals surface area contributed by atoms with Gasteiger partial charge < -0.3 is 9.47 Å². The van der Waals surface area contributed by atoms with Crippen LogP contribution in [0.2, 0.25) is 0 Å². The van der Waals surface area contributed by atoms with Crippen LogP contribution in [0.5, 0.6) is 5.75 Å². The van der Waals surface area contributed by atoms with Gasteiger partial charge in [-0.25, -0.2) is 21.1 Å². The molecule has 4 rings (SSSR count). The molecule has 8 heteroatoms. The van der Waals surface area contributed by atoms with E-state index in [1.165, 1.54) is 13.3 Å². The van der Waals surface area contributed by atoms with Gasteiger partial charge in [-0.1, -0.05) is 54.6 Å². The first-order chi connectivity index (χ1) is 16.6. The molecule has 1 aliphatic rings. The Morgan fingerprint density at radius 3 is 2.44 bits per heavy atom. The Hall–Kier alpha value is -4.01. The minimum Gasteiger partial charge on any atom is -0.489 e. The summed E-state index contributed by atoms with van der Waals surface area (Å²) in [5.41, 5.74) is 12.1. The van der Waals surface area contributed by atoms with Crippen molar-refractivity contribution in [1.82, 2.24) is 16.3 Å². The van der Waals surface area contributed by atoms with Crippen LogP contribution in [-0.4, -0.2) is 31.2 Å². The van der Waals surface area contributed by atoms with Crippen LogP contribution in [0, 0.1) is 0 Å². The van der Waals surface area contributed by atoms with Crippen LogP contribution >= 0.6 is 0 Å². The number of nitrogens with one attached hydrogen (secondary N) is 3. The molecular formula is C26H26N4O4. The Morgan fingerprint density at radius 2 is 1.74 bits per heavy atom. The predicted molar refractivity (Wildman–Crippen MR) is 128 cm³/mol. The fourth-order valence-corrected chi connectivity index (χ4v) is 3.56. The number of amides is 1. The second-order valence-electron chi connectivity index (χ2n) is 7.82. The van der Waals surface area contributed by atoms with Crippen molar-refractivity contribution in [3.8, 4) is 5.75 Å². The first-order valence-corrected chi connectivity index (χ1v) is 10.9. The van der Waals surface area contributed by atoms with Crippen molar-refractivity contribution in [2.24, 2.45) is 5.10 Å². The summed E-state index contributed by atoms with van der Waals surface area (Å²) in [6, 6.07) is 24.2. The number of nitrogens with zero attached hydrogens (tertiary/aromatic N) is 1. The van der Waals surface area contributed by atoms with E-state index in [1.807, 2.05) is 54.6 Å². The first-order valence-electron chi connectivity index (χ1n) is 10.9. The van der Waals surface area contributed by atoms with E-state index < -0.39 is 12.0 Å². The Morgan fingerprint density at radius 1 is 1.00 bits per heavy atom. The molecule has 0 aliphatic carbocycles. The fourth-order valence-electron chi connectivity index (χ4n) is 3.56. The van der Waals surface area contributed by atoms with Crippen LogP contribution in [0.4, 0.5) is 0 Å². The van der Waals surface area contributed by atoms with Crippen molar-refractivity contribution in [3.63, 3.8) is 0 Å². The van der Waals surface area contributed by atoms with Gasteiger partial charge in [-0.15, -0.1) is 0 Å². The van der Waals surface area contributed by atoms with E-state index in [4.69, 9.17) is 4.74 Å². The van der Waals surface area contributed by atoms with Gasteiger partial charge >= 0.3 is 5.97 Å². The molecule has 34 heavy (non-hydrogen) atoms. The van der Waals surface area contributed by atoms with Gasteiger partial charge in [-0.2, -0.15) is 5.10 Å². The van der Waals surface area contributed by atoms with E-state index in [0.717, 1.165) is 22.4 Å². The molecule has 0 bridgehead atoms. The van der Waals surface area contributed by atoms with E-state index in [2.05, 4.69) is 26.1 Å². The number of hydrazone groups is 1. The first kappa shape index (κ1) is 23.2. The third kappa shape index (κ3) is 6.06. The molecule has 1 amide bonds. The molecule has 1 saturated heterocycles. The van der Waals surface area contributed by atoms with Crippen molar-refractivity contribution in [2.45, 2.75) is 25.1 Å². The lowest BCUT2D eigenvalue weighted by atomic mass is 10.0. The van der Waals surface area contributed by atoms with Crippen LogP contribution < -0.4 is 21.0 Å². The average Bonchev–Trinajstić information content (AvgIpc) is 3.39. The van der Waals surface area contributed by atoms with Crippen LogP contribution in [0.1, 0.15) is 39.5 Å². The SMILES string of the molecule is COC(=O)c1ccc(/C=N/NC(=O)C2CC(c3ccc(OCc4ccccc4)cc3)NN2)cc1. The fraction of sp³-hybridized carbons (Fsp3) is 0.192. The number of hydrazine groups is 1. The minimum atomic E-state index is -0.419. The quantitative estimate of drug-likeness (QED) is 0.272. The number of hydrogen-bond acceptors (Lipinski definition) is 7. The van der Waals surface area contributed by atoms with Crippen LogP contribution in [0.3, 0.4) is 0 Å². The van der Waals surface area contributed by atoms with Gasteiger partial charge in [0.2, 0.25) is 0 Å². The zero-order chi connectivity index (χ0) is 23.8. The highest BCUT2D eigenvalue weighted by Gasteiger charge is 2.30. The Labute approximate surface area is 197 Å². The van der Waals surface area contributed by atoms with Crippen LogP contribution in [-0.2, 0) is 16.1 Å². The van der Waals surface area contributed by atoms with Crippen LogP contribution in [0.25, 0.3) is 0 Å². The van der Waals surface area contributed by atoms with Crippen molar-refractivity contribution in [1.29, 1.82) is 0 Å². The highest BCUT2D eigenvalue weighted by molar-refractivity contribution is 5.91. The highest BCUT2D eigenvalue weighted by Crippen LogP contribution is 2.24. The van der Waals surface area contributed by atoms with E-state index >= 15 is 0 Å². The van der Waals surface area contributed by atoms with Gasteiger partial charge in [0, 0.05) is 6.04 Å². The largest absolute Gasteiger partial charge is 0.489 e. The molecule has 2 atom stereocenters. The molecule has 0 aromatic heterocycles. The van der Waals surface area contributed by atoms with Crippen molar-refractivity contribution >= 4 is 18.1 Å². The molecule has 3 aromatic rings. The van der Waals surface area contributed by atoms with Crippen molar-refractivity contribution < 1.29 is 19.1 Å². The number of carbonyl (C=O) groups excluding carboxylic acids is 2. The summed E-state index contributed by atoms with van der Waals surface area (Å²) in [5, 5.41) is 4.01. The van der Waals surface area contributed by atoms with Gasteiger partial charge in [0.25, 0.3) is 5.91 Å². The smallest absolute Gasteiger partial charge is 0.337 e. The molecule has 1 fully saturated rings. The summed E-state index contributed by atoms with van der Waals surface area (Å²) in [6.07, 6.45) is 2.10. The lowest BCUT2D eigenvalue weighted by Crippen LogP contribution is -2.41. The lowest BCUT2D eigenvalue weighted by molar-refractivity contribution is -0.122. The number of methoxy groups -OCH3 is 1. The molecule has 1 heterocycles. The maximum Gasteiger partial charge on any atom is 0.337 e. The average molecular weight is 459 g/mol. The topological polar surface area (TPSA) is 101 Å². The predicted octanol–water partition coefficient (Wildman–Crippen LogP) is 3.11. The number of ether oxygens (including phenoxy) is 2. The third-order valence-electron chi connectivity index (χ3n) is 5.47. The summed E-state index contributed by atoms with van der Waals surface area (Å²) in [6.45, 7) is 0.515. The standard InChI is InChI=1S/C26H26N4O4/c1-33-26(32)21-9-7-18(8-10-21)16-27-30-25(31)24-15-23(28-29-24)20-11-13-22(14-12-20)34-17-19-5-3-2-4-6-19/h2-14,16,23-24,28-29H,15,17H2,1H3,(H,30,31)/b27-16+. The second-order valence-corrected chi connectivity index (χ2v) is 7.82. The summed E-state index contributed by atoms with van der Waals surface area (Å²) < 4.78 is 10.5. The van der Waals surface area contributed by atoms with Gasteiger partial charge in [0.1, 0.15) is 18.4 Å². The third-order valence-corrected chi connectivity index (χ3v) is 5.47. The van der Waals surface area contributed by atoms with Gasteiger partial charge in [0.15, 0.2) is 0 Å². The Kier molecular flexibility index (Phi) is 7.64. The number of esters is 1. The summed E-state index contributed by atoms with van der Waals surface area (Å²) >= 11 is 0. The maximum absolute atomic E-state index is 12.5. The highest BCUT2D eigenvalue weighted by atomic mass is 16.5. The lowest BCUT2D eigenvalue weighted by Gasteiger charge is -2.11. The number of benzene rings is 3. The zero-order valence-corrected chi connectivity index (χ0v) is 18.7. The molecular weight excluding hydrogens is 432 g/mol. The molecule has 174 valence electrons. The summed E-state index contributed by atoms with van der Waals surface area (Å²) in [7, 11) is 1.33. The molecule has 8 nitrogen and oxygen atoms in total. The summed E-state index contributed by atoms with van der Waals surface area (Å²) in [4.78, 5) is 23.9.